The van der Waals surface area contributed by atoms with Gasteiger partial charge in [-0.15, -0.1) is 0 Å². The van der Waals surface area contributed by atoms with Crippen molar-refractivity contribution in [3.63, 3.8) is 0 Å². The Hall–Kier alpha value is -1.36. The van der Waals surface area contributed by atoms with E-state index in [1.807, 2.05) is 6.07 Å². The van der Waals surface area contributed by atoms with E-state index in [1.165, 1.54) is 0 Å². The zero-order chi connectivity index (χ0) is 13.3. The van der Waals surface area contributed by atoms with Gasteiger partial charge in [0.1, 0.15) is 6.10 Å². The van der Waals surface area contributed by atoms with Gasteiger partial charge in [-0.1, -0.05) is 5.11 Å². The molecule has 2 fully saturated rings. The number of azide groups is 1. The molecule has 0 spiro atoms. The molecule has 0 unspecified atom stereocenters. The van der Waals surface area contributed by atoms with Gasteiger partial charge in [-0.3, -0.25) is 0 Å². The van der Waals surface area contributed by atoms with Crippen LogP contribution in [-0.4, -0.2) is 41.5 Å². The number of nitriles is 1. The van der Waals surface area contributed by atoms with Crippen LogP contribution in [0, 0.1) is 11.3 Å². The Morgan fingerprint density at radius 2 is 2.28 bits per heavy atom. The van der Waals surface area contributed by atoms with Crippen molar-refractivity contribution in [2.45, 2.75) is 56.7 Å². The molecule has 0 aromatic carbocycles. The molecule has 5 atom stereocenters. The number of aliphatic hydroxyl groups excluding tert-OH is 1. The predicted molar refractivity (Wildman–Crippen MR) is 57.9 cm³/mol. The summed E-state index contributed by atoms with van der Waals surface area (Å²) in [7, 11) is 0. The van der Waals surface area contributed by atoms with Crippen molar-refractivity contribution in [3.8, 4) is 6.07 Å². The summed E-state index contributed by atoms with van der Waals surface area (Å²) in [4.78, 5) is 2.73. The molecular formula is C10H14N4O4. The second kappa shape index (κ2) is 4.72. The Bertz CT molecular complexity index is 415. The van der Waals surface area contributed by atoms with Crippen LogP contribution in [0.2, 0.25) is 0 Å². The molecular weight excluding hydrogens is 240 g/mol. The lowest BCUT2D eigenvalue weighted by Gasteiger charge is -2.25. The molecule has 2 aliphatic rings. The first-order valence-corrected chi connectivity index (χ1v) is 5.59. The largest absolute Gasteiger partial charge is 0.389 e. The van der Waals surface area contributed by atoms with Crippen LogP contribution >= 0.6 is 0 Å². The van der Waals surface area contributed by atoms with E-state index in [2.05, 4.69) is 10.0 Å². The molecule has 8 heteroatoms. The average molecular weight is 254 g/mol. The fourth-order valence-electron chi connectivity index (χ4n) is 2.24. The second-order valence-electron chi connectivity index (χ2n) is 4.69. The first kappa shape index (κ1) is 13.1. The molecule has 18 heavy (non-hydrogen) atoms. The Morgan fingerprint density at radius 3 is 2.89 bits per heavy atom. The number of ether oxygens (including phenoxy) is 3. The highest BCUT2D eigenvalue weighted by molar-refractivity contribution is 5.01. The number of nitrogens with zero attached hydrogens (tertiary/aromatic N) is 4. The zero-order valence-electron chi connectivity index (χ0n) is 10.1. The molecule has 0 aliphatic carbocycles. The molecule has 2 saturated heterocycles. The highest BCUT2D eigenvalue weighted by atomic mass is 16.8. The third-order valence-corrected chi connectivity index (χ3v) is 2.92. The van der Waals surface area contributed by atoms with Gasteiger partial charge in [0.15, 0.2) is 12.1 Å². The van der Waals surface area contributed by atoms with Crippen LogP contribution in [0.25, 0.3) is 10.4 Å². The Kier molecular flexibility index (Phi) is 3.43. The van der Waals surface area contributed by atoms with Crippen molar-refractivity contribution < 1.29 is 19.3 Å². The quantitative estimate of drug-likeness (QED) is 0.454. The molecule has 0 saturated carbocycles. The van der Waals surface area contributed by atoms with Crippen LogP contribution in [-0.2, 0) is 14.2 Å². The van der Waals surface area contributed by atoms with Crippen molar-refractivity contribution in [1.29, 1.82) is 5.26 Å². The van der Waals surface area contributed by atoms with Gasteiger partial charge >= 0.3 is 0 Å². The Balaban J connectivity index is 2.17. The lowest BCUT2D eigenvalue weighted by atomic mass is 10.0. The Labute approximate surface area is 104 Å². The minimum atomic E-state index is -1.04. The summed E-state index contributed by atoms with van der Waals surface area (Å²) >= 11 is 0. The smallest absolute Gasteiger partial charge is 0.188 e. The van der Waals surface area contributed by atoms with Gasteiger partial charge in [0.2, 0.25) is 0 Å². The first-order valence-electron chi connectivity index (χ1n) is 5.59. The average Bonchev–Trinajstić information content (AvgIpc) is 2.73. The summed E-state index contributed by atoms with van der Waals surface area (Å²) in [5.41, 5.74) is 8.57. The summed E-state index contributed by atoms with van der Waals surface area (Å²) in [6, 6.07) is 1.14. The lowest BCUT2D eigenvalue weighted by Crippen LogP contribution is -2.39. The fraction of sp³-hybridized carbons (Fsp3) is 0.900. The minimum Gasteiger partial charge on any atom is -0.389 e. The van der Waals surface area contributed by atoms with Crippen molar-refractivity contribution in [2.75, 3.05) is 0 Å². The summed E-state index contributed by atoms with van der Waals surface area (Å²) in [5, 5.41) is 22.0. The van der Waals surface area contributed by atoms with E-state index in [9.17, 15) is 5.11 Å². The van der Waals surface area contributed by atoms with E-state index in [4.69, 9.17) is 25.0 Å². The van der Waals surface area contributed by atoms with E-state index in [1.54, 1.807) is 13.8 Å². The zero-order valence-corrected chi connectivity index (χ0v) is 10.1. The number of fused-ring (bicyclic) bond motifs is 1. The molecule has 0 amide bonds. The molecule has 2 heterocycles. The highest BCUT2D eigenvalue weighted by Gasteiger charge is 2.55. The predicted octanol–water partition coefficient (Wildman–Crippen LogP) is 0.816. The molecule has 0 aromatic heterocycles. The van der Waals surface area contributed by atoms with Crippen molar-refractivity contribution >= 4 is 0 Å². The van der Waals surface area contributed by atoms with E-state index >= 15 is 0 Å². The van der Waals surface area contributed by atoms with Crippen molar-refractivity contribution in [1.82, 2.24) is 0 Å². The molecule has 0 bridgehead atoms. The fourth-order valence-corrected chi connectivity index (χ4v) is 2.24. The van der Waals surface area contributed by atoms with Crippen molar-refractivity contribution in [2.24, 2.45) is 5.11 Å². The maximum Gasteiger partial charge on any atom is 0.188 e. The van der Waals surface area contributed by atoms with Crippen LogP contribution in [0.4, 0.5) is 0 Å². The van der Waals surface area contributed by atoms with E-state index in [-0.39, 0.29) is 6.42 Å². The van der Waals surface area contributed by atoms with Crippen LogP contribution in [0.5, 0.6) is 0 Å². The van der Waals surface area contributed by atoms with Crippen LogP contribution in [0.1, 0.15) is 20.3 Å². The maximum atomic E-state index is 9.79. The minimum absolute atomic E-state index is 0.106. The van der Waals surface area contributed by atoms with Crippen LogP contribution in [0.3, 0.4) is 0 Å². The summed E-state index contributed by atoms with van der Waals surface area (Å²) in [6.07, 6.45) is -3.17. The topological polar surface area (TPSA) is 120 Å². The van der Waals surface area contributed by atoms with Gasteiger partial charge in [-0.2, -0.15) is 5.26 Å². The SMILES string of the molecule is CC1(C)O[C@H]2O[C@@H]([C@H](O)CC#N)[C@H](N=[N+]=[N-])[C@H]2O1. The normalized spacial score (nSPS) is 38.6. The number of hydrogen-bond acceptors (Lipinski definition) is 6. The number of rotatable bonds is 3. The van der Waals surface area contributed by atoms with Crippen molar-refractivity contribution in [3.05, 3.63) is 10.4 Å². The summed E-state index contributed by atoms with van der Waals surface area (Å²) in [5.74, 6) is -0.816. The van der Waals surface area contributed by atoms with Gasteiger partial charge in [0, 0.05) is 4.91 Å². The summed E-state index contributed by atoms with van der Waals surface area (Å²) < 4.78 is 16.6. The van der Waals surface area contributed by atoms with Gasteiger partial charge in [-0.05, 0) is 19.4 Å². The van der Waals surface area contributed by atoms with Gasteiger partial charge < -0.3 is 19.3 Å². The summed E-state index contributed by atoms with van der Waals surface area (Å²) in [6.45, 7) is 3.45. The third kappa shape index (κ3) is 2.27. The van der Waals surface area contributed by atoms with E-state index in [0.29, 0.717) is 0 Å². The standard InChI is InChI=1S/C10H14N4O4/c1-10(2)17-8-6(13-14-12)7(5(15)3-4-11)16-9(8)18-10/h5-9,15H,3H2,1-2H3/t5-,6+,7+,8-,9-/m1/s1. The molecule has 2 aliphatic heterocycles. The molecule has 0 aromatic rings. The Morgan fingerprint density at radius 1 is 1.56 bits per heavy atom. The van der Waals surface area contributed by atoms with E-state index in [0.717, 1.165) is 0 Å². The molecule has 2 rings (SSSR count). The van der Waals surface area contributed by atoms with E-state index < -0.39 is 36.4 Å². The maximum absolute atomic E-state index is 9.79. The molecule has 8 nitrogen and oxygen atoms in total. The molecule has 0 radical (unpaired) electrons. The lowest BCUT2D eigenvalue weighted by molar-refractivity contribution is -0.215. The molecule has 98 valence electrons. The molecule has 1 N–H and O–H groups in total. The third-order valence-electron chi connectivity index (χ3n) is 2.92. The number of aliphatic hydroxyl groups is 1. The number of hydrogen-bond donors (Lipinski definition) is 1. The monoisotopic (exact) mass is 254 g/mol. The van der Waals surface area contributed by atoms with Gasteiger partial charge in [0.05, 0.1) is 30.7 Å². The first-order chi connectivity index (χ1) is 8.48. The van der Waals surface area contributed by atoms with Crippen LogP contribution < -0.4 is 0 Å². The highest BCUT2D eigenvalue weighted by Crippen LogP contribution is 2.40. The van der Waals surface area contributed by atoms with Crippen LogP contribution in [0.15, 0.2) is 5.11 Å². The van der Waals surface area contributed by atoms with Gasteiger partial charge in [-0.25, -0.2) is 0 Å². The van der Waals surface area contributed by atoms with Gasteiger partial charge in [0.25, 0.3) is 0 Å². The second-order valence-corrected chi connectivity index (χ2v) is 4.69.